The van der Waals surface area contributed by atoms with E-state index in [4.69, 9.17) is 5.73 Å². The standard InChI is InChI=1S/C10H14N2O/c1-7-4-5-8(6-12-7)9(13)10(2,3)11/h4-6H,11H2,1-3H3. The third-order valence-electron chi connectivity index (χ3n) is 1.76. The fraction of sp³-hybridized carbons (Fsp3) is 0.400. The topological polar surface area (TPSA) is 56.0 Å². The first-order valence-electron chi connectivity index (χ1n) is 4.17. The summed E-state index contributed by atoms with van der Waals surface area (Å²) in [4.78, 5) is 15.6. The van der Waals surface area contributed by atoms with Crippen molar-refractivity contribution in [2.75, 3.05) is 0 Å². The van der Waals surface area contributed by atoms with Gasteiger partial charge in [0.2, 0.25) is 0 Å². The van der Waals surface area contributed by atoms with E-state index in [-0.39, 0.29) is 5.78 Å². The lowest BCUT2D eigenvalue weighted by Crippen LogP contribution is -2.41. The SMILES string of the molecule is Cc1ccc(C(=O)C(C)(C)N)cn1. The molecule has 0 saturated carbocycles. The van der Waals surface area contributed by atoms with Crippen LogP contribution in [0.5, 0.6) is 0 Å². The average Bonchev–Trinajstić information content (AvgIpc) is 2.03. The van der Waals surface area contributed by atoms with Crippen molar-refractivity contribution in [3.05, 3.63) is 29.6 Å². The maximum atomic E-state index is 11.6. The Kier molecular flexibility index (Phi) is 2.48. The molecule has 0 saturated heterocycles. The van der Waals surface area contributed by atoms with Gasteiger partial charge in [-0.3, -0.25) is 9.78 Å². The van der Waals surface area contributed by atoms with Crippen LogP contribution < -0.4 is 5.73 Å². The largest absolute Gasteiger partial charge is 0.319 e. The third kappa shape index (κ3) is 2.36. The highest BCUT2D eigenvalue weighted by molar-refractivity contribution is 6.02. The first-order valence-corrected chi connectivity index (χ1v) is 4.17. The monoisotopic (exact) mass is 178 g/mol. The van der Waals surface area contributed by atoms with E-state index in [0.717, 1.165) is 5.69 Å². The molecule has 0 aromatic carbocycles. The summed E-state index contributed by atoms with van der Waals surface area (Å²) in [5, 5.41) is 0. The molecule has 0 aliphatic heterocycles. The Morgan fingerprint density at radius 2 is 2.08 bits per heavy atom. The van der Waals surface area contributed by atoms with Crippen LogP contribution in [-0.4, -0.2) is 16.3 Å². The quantitative estimate of drug-likeness (QED) is 0.695. The number of ketones is 1. The van der Waals surface area contributed by atoms with Gasteiger partial charge < -0.3 is 5.73 Å². The molecule has 0 amide bonds. The Labute approximate surface area is 78.0 Å². The van der Waals surface area contributed by atoms with Gasteiger partial charge in [0.05, 0.1) is 5.54 Å². The molecule has 0 unspecified atom stereocenters. The number of hydrogen-bond acceptors (Lipinski definition) is 3. The average molecular weight is 178 g/mol. The highest BCUT2D eigenvalue weighted by Gasteiger charge is 2.23. The van der Waals surface area contributed by atoms with E-state index < -0.39 is 5.54 Å². The molecule has 70 valence electrons. The van der Waals surface area contributed by atoms with Crippen LogP contribution in [0.25, 0.3) is 0 Å². The van der Waals surface area contributed by atoms with Crippen molar-refractivity contribution in [2.24, 2.45) is 5.73 Å². The number of pyridine rings is 1. The Balaban J connectivity index is 2.97. The summed E-state index contributed by atoms with van der Waals surface area (Å²) < 4.78 is 0. The summed E-state index contributed by atoms with van der Waals surface area (Å²) in [5.41, 5.74) is 6.31. The van der Waals surface area contributed by atoms with Crippen LogP contribution in [0.3, 0.4) is 0 Å². The molecule has 0 aliphatic rings. The Hall–Kier alpha value is -1.22. The van der Waals surface area contributed by atoms with Gasteiger partial charge in [0.1, 0.15) is 0 Å². The number of nitrogens with two attached hydrogens (primary N) is 1. The smallest absolute Gasteiger partial charge is 0.183 e. The van der Waals surface area contributed by atoms with Gasteiger partial charge in [0.25, 0.3) is 0 Å². The fourth-order valence-electron chi connectivity index (χ4n) is 0.974. The van der Waals surface area contributed by atoms with Crippen molar-refractivity contribution in [3.63, 3.8) is 0 Å². The van der Waals surface area contributed by atoms with E-state index in [9.17, 15) is 4.79 Å². The maximum Gasteiger partial charge on any atom is 0.183 e. The molecular weight excluding hydrogens is 164 g/mol. The van der Waals surface area contributed by atoms with Gasteiger partial charge in [0.15, 0.2) is 5.78 Å². The van der Waals surface area contributed by atoms with Crippen molar-refractivity contribution in [1.82, 2.24) is 4.98 Å². The lowest BCUT2D eigenvalue weighted by molar-refractivity contribution is 0.0913. The Morgan fingerprint density at radius 3 is 2.46 bits per heavy atom. The van der Waals surface area contributed by atoms with E-state index >= 15 is 0 Å². The van der Waals surface area contributed by atoms with Crippen molar-refractivity contribution < 1.29 is 4.79 Å². The first kappa shape index (κ1) is 9.86. The van der Waals surface area contributed by atoms with E-state index in [2.05, 4.69) is 4.98 Å². The molecule has 2 N–H and O–H groups in total. The summed E-state index contributed by atoms with van der Waals surface area (Å²) in [6.45, 7) is 5.26. The summed E-state index contributed by atoms with van der Waals surface area (Å²) >= 11 is 0. The summed E-state index contributed by atoms with van der Waals surface area (Å²) in [7, 11) is 0. The molecule has 0 fully saturated rings. The number of hydrogen-bond donors (Lipinski definition) is 1. The molecule has 1 aromatic rings. The van der Waals surface area contributed by atoms with Gasteiger partial charge in [-0.1, -0.05) is 0 Å². The third-order valence-corrected chi connectivity index (χ3v) is 1.76. The highest BCUT2D eigenvalue weighted by Crippen LogP contribution is 2.09. The van der Waals surface area contributed by atoms with Crippen LogP contribution in [0.15, 0.2) is 18.3 Å². The molecule has 0 bridgehead atoms. The lowest BCUT2D eigenvalue weighted by Gasteiger charge is -2.16. The minimum Gasteiger partial charge on any atom is -0.319 e. The van der Waals surface area contributed by atoms with E-state index in [1.807, 2.05) is 6.92 Å². The first-order chi connectivity index (χ1) is 5.91. The van der Waals surface area contributed by atoms with Crippen LogP contribution in [0, 0.1) is 6.92 Å². The van der Waals surface area contributed by atoms with E-state index in [1.54, 1.807) is 32.2 Å². The zero-order valence-electron chi connectivity index (χ0n) is 8.16. The molecule has 13 heavy (non-hydrogen) atoms. The number of nitrogens with zero attached hydrogens (tertiary/aromatic N) is 1. The van der Waals surface area contributed by atoms with Crippen LogP contribution >= 0.6 is 0 Å². The summed E-state index contributed by atoms with van der Waals surface area (Å²) in [6.07, 6.45) is 1.56. The van der Waals surface area contributed by atoms with Gasteiger partial charge in [-0.05, 0) is 32.9 Å². The van der Waals surface area contributed by atoms with Crippen molar-refractivity contribution in [1.29, 1.82) is 0 Å². The van der Waals surface area contributed by atoms with E-state index in [0.29, 0.717) is 5.56 Å². The van der Waals surface area contributed by atoms with Crippen molar-refractivity contribution in [2.45, 2.75) is 26.3 Å². The molecule has 0 spiro atoms. The van der Waals surface area contributed by atoms with Gasteiger partial charge in [-0.15, -0.1) is 0 Å². The second kappa shape index (κ2) is 3.26. The number of carbonyl (C=O) groups excluding carboxylic acids is 1. The highest BCUT2D eigenvalue weighted by atomic mass is 16.1. The van der Waals surface area contributed by atoms with Crippen LogP contribution in [0.1, 0.15) is 29.9 Å². The minimum atomic E-state index is -0.822. The molecule has 0 aliphatic carbocycles. The minimum absolute atomic E-state index is 0.0833. The molecule has 1 rings (SSSR count). The Bertz CT molecular complexity index is 309. The normalized spacial score (nSPS) is 11.4. The van der Waals surface area contributed by atoms with Crippen LogP contribution in [0.4, 0.5) is 0 Å². The predicted octanol–water partition coefficient (Wildman–Crippen LogP) is 1.31. The van der Waals surface area contributed by atoms with Crippen molar-refractivity contribution in [3.8, 4) is 0 Å². The second-order valence-corrected chi connectivity index (χ2v) is 3.74. The molecular formula is C10H14N2O. The molecule has 3 heteroatoms. The second-order valence-electron chi connectivity index (χ2n) is 3.74. The molecule has 3 nitrogen and oxygen atoms in total. The number of carbonyl (C=O) groups is 1. The predicted molar refractivity (Wildman–Crippen MR) is 51.6 cm³/mol. The maximum absolute atomic E-state index is 11.6. The molecule has 1 aromatic heterocycles. The zero-order valence-corrected chi connectivity index (χ0v) is 8.16. The molecule has 0 atom stereocenters. The summed E-state index contributed by atoms with van der Waals surface area (Å²) in [6, 6.07) is 3.55. The number of aromatic nitrogens is 1. The van der Waals surface area contributed by atoms with Crippen LogP contribution in [0.2, 0.25) is 0 Å². The molecule has 1 heterocycles. The Morgan fingerprint density at radius 1 is 1.46 bits per heavy atom. The summed E-state index contributed by atoms with van der Waals surface area (Å²) in [5.74, 6) is -0.0833. The number of Topliss-reactive ketones (excluding diaryl/α,β-unsaturated/α-hetero) is 1. The van der Waals surface area contributed by atoms with Gasteiger partial charge in [-0.25, -0.2) is 0 Å². The molecule has 0 radical (unpaired) electrons. The van der Waals surface area contributed by atoms with Gasteiger partial charge in [0, 0.05) is 17.5 Å². The lowest BCUT2D eigenvalue weighted by atomic mass is 9.95. The van der Waals surface area contributed by atoms with Gasteiger partial charge in [-0.2, -0.15) is 0 Å². The van der Waals surface area contributed by atoms with Crippen molar-refractivity contribution >= 4 is 5.78 Å². The number of rotatable bonds is 2. The van der Waals surface area contributed by atoms with Crippen LogP contribution in [-0.2, 0) is 0 Å². The number of aryl methyl sites for hydroxylation is 1. The fourth-order valence-corrected chi connectivity index (χ4v) is 0.974. The van der Waals surface area contributed by atoms with Gasteiger partial charge >= 0.3 is 0 Å². The zero-order chi connectivity index (χ0) is 10.1. The van der Waals surface area contributed by atoms with E-state index in [1.165, 1.54) is 0 Å².